The maximum absolute atomic E-state index is 11.1. The molecule has 3 N–H and O–H groups in total. The highest BCUT2D eigenvalue weighted by Gasteiger charge is 2.17. The van der Waals surface area contributed by atoms with Crippen molar-refractivity contribution in [2.24, 2.45) is 11.1 Å². The lowest BCUT2D eigenvalue weighted by molar-refractivity contribution is 0.0497. The topological polar surface area (TPSA) is 114 Å². The summed E-state index contributed by atoms with van der Waals surface area (Å²) in [6.07, 6.45) is 1.83. The highest BCUT2D eigenvalue weighted by molar-refractivity contribution is 7.90. The maximum Gasteiger partial charge on any atom is 0.296 e. The highest BCUT2D eigenvalue weighted by atomic mass is 32.2. The van der Waals surface area contributed by atoms with Gasteiger partial charge in [0.25, 0.3) is 10.2 Å². The first-order chi connectivity index (χ1) is 9.99. The molecular formula is C13H17N3O4S. The first-order valence-electron chi connectivity index (χ1n) is 6.54. The molecule has 0 aliphatic carbocycles. The van der Waals surface area contributed by atoms with E-state index in [4.69, 9.17) is 14.6 Å². The Kier molecular flexibility index (Phi) is 5.01. The minimum Gasteiger partial charge on any atom is -0.492 e. The number of rotatable bonds is 5. The van der Waals surface area contributed by atoms with E-state index in [0.717, 1.165) is 12.8 Å². The van der Waals surface area contributed by atoms with Crippen molar-refractivity contribution in [1.82, 2.24) is 0 Å². The van der Waals surface area contributed by atoms with Crippen molar-refractivity contribution in [2.75, 3.05) is 24.5 Å². The first-order valence-corrected chi connectivity index (χ1v) is 8.08. The van der Waals surface area contributed by atoms with E-state index in [-0.39, 0.29) is 11.3 Å². The molecule has 1 aromatic carbocycles. The third-order valence-electron chi connectivity index (χ3n) is 3.21. The van der Waals surface area contributed by atoms with Gasteiger partial charge in [-0.1, -0.05) is 6.07 Å². The fourth-order valence-corrected chi connectivity index (χ4v) is 2.60. The van der Waals surface area contributed by atoms with Crippen LogP contribution in [0.2, 0.25) is 0 Å². The molecule has 0 spiro atoms. The van der Waals surface area contributed by atoms with Crippen molar-refractivity contribution in [3.63, 3.8) is 0 Å². The zero-order valence-electron chi connectivity index (χ0n) is 11.4. The van der Waals surface area contributed by atoms with Crippen LogP contribution in [-0.4, -0.2) is 28.2 Å². The van der Waals surface area contributed by atoms with E-state index in [2.05, 4.69) is 4.72 Å². The monoisotopic (exact) mass is 311 g/mol. The predicted octanol–water partition coefficient (Wildman–Crippen LogP) is 0.979. The number of nitrogens with two attached hydrogens (primary N) is 1. The molecule has 1 aliphatic rings. The van der Waals surface area contributed by atoms with Gasteiger partial charge in [-0.25, -0.2) is 5.14 Å². The van der Waals surface area contributed by atoms with Gasteiger partial charge in [0.2, 0.25) is 0 Å². The summed E-state index contributed by atoms with van der Waals surface area (Å²) in [6, 6.07) is 6.64. The molecule has 0 bridgehead atoms. The summed E-state index contributed by atoms with van der Waals surface area (Å²) in [4.78, 5) is 0. The van der Waals surface area contributed by atoms with Gasteiger partial charge in [-0.05, 0) is 30.9 Å². The van der Waals surface area contributed by atoms with Crippen LogP contribution in [0.5, 0.6) is 5.75 Å². The van der Waals surface area contributed by atoms with Gasteiger partial charge in [0.1, 0.15) is 17.4 Å². The number of nitriles is 1. The smallest absolute Gasteiger partial charge is 0.296 e. The lowest BCUT2D eigenvalue weighted by Gasteiger charge is -2.22. The zero-order valence-corrected chi connectivity index (χ0v) is 12.2. The molecule has 1 aliphatic heterocycles. The lowest BCUT2D eigenvalue weighted by atomic mass is 10.0. The van der Waals surface area contributed by atoms with Crippen LogP contribution in [0.4, 0.5) is 5.69 Å². The molecular weight excluding hydrogens is 294 g/mol. The Morgan fingerprint density at radius 2 is 2.14 bits per heavy atom. The quantitative estimate of drug-likeness (QED) is 0.841. The van der Waals surface area contributed by atoms with Crippen LogP contribution >= 0.6 is 0 Å². The van der Waals surface area contributed by atoms with Crippen LogP contribution in [0.1, 0.15) is 18.4 Å². The SMILES string of the molecule is N#Cc1c(NS(N)(=O)=O)cccc1OCC1CCOCC1. The molecule has 0 aromatic heterocycles. The van der Waals surface area contributed by atoms with Crippen molar-refractivity contribution < 1.29 is 17.9 Å². The number of nitrogens with zero attached hydrogens (tertiary/aromatic N) is 1. The van der Waals surface area contributed by atoms with Gasteiger partial charge in [-0.2, -0.15) is 13.7 Å². The molecule has 1 fully saturated rings. The molecule has 1 saturated heterocycles. The maximum atomic E-state index is 11.1. The average Bonchev–Trinajstić information content (AvgIpc) is 2.44. The number of nitrogens with one attached hydrogen (secondary N) is 1. The Morgan fingerprint density at radius 1 is 1.43 bits per heavy atom. The second-order valence-electron chi connectivity index (χ2n) is 4.80. The number of benzene rings is 1. The zero-order chi connectivity index (χ0) is 15.3. The highest BCUT2D eigenvalue weighted by Crippen LogP contribution is 2.27. The van der Waals surface area contributed by atoms with Crippen LogP contribution in [-0.2, 0) is 14.9 Å². The molecule has 114 valence electrons. The minimum absolute atomic E-state index is 0.115. The van der Waals surface area contributed by atoms with E-state index in [1.54, 1.807) is 12.1 Å². The van der Waals surface area contributed by atoms with Crippen LogP contribution in [0, 0.1) is 17.2 Å². The fraction of sp³-hybridized carbons (Fsp3) is 0.462. The van der Waals surface area contributed by atoms with Gasteiger partial charge in [-0.3, -0.25) is 4.72 Å². The standard InChI is InChI=1S/C13H17N3O4S/c14-8-11-12(16-21(15,17)18)2-1-3-13(11)20-9-10-4-6-19-7-5-10/h1-3,10,16H,4-7,9H2,(H2,15,17,18). The molecule has 21 heavy (non-hydrogen) atoms. The molecule has 1 heterocycles. The van der Waals surface area contributed by atoms with Gasteiger partial charge >= 0.3 is 0 Å². The van der Waals surface area contributed by atoms with Crippen LogP contribution in [0.25, 0.3) is 0 Å². The van der Waals surface area contributed by atoms with E-state index in [1.807, 2.05) is 6.07 Å². The van der Waals surface area contributed by atoms with Crippen LogP contribution in [0.15, 0.2) is 18.2 Å². The second kappa shape index (κ2) is 6.76. The van der Waals surface area contributed by atoms with Crippen molar-refractivity contribution in [3.05, 3.63) is 23.8 Å². The van der Waals surface area contributed by atoms with Gasteiger partial charge in [-0.15, -0.1) is 0 Å². The van der Waals surface area contributed by atoms with E-state index < -0.39 is 10.2 Å². The molecule has 0 radical (unpaired) electrons. The average molecular weight is 311 g/mol. The Hall–Kier alpha value is -1.82. The molecule has 7 nitrogen and oxygen atoms in total. The molecule has 0 saturated carbocycles. The molecule has 0 amide bonds. The van der Waals surface area contributed by atoms with E-state index >= 15 is 0 Å². The first kappa shape index (κ1) is 15.6. The molecule has 1 aromatic rings. The minimum atomic E-state index is -3.94. The number of hydrogen-bond donors (Lipinski definition) is 2. The summed E-state index contributed by atoms with van der Waals surface area (Å²) in [7, 11) is -3.94. The van der Waals surface area contributed by atoms with Crippen molar-refractivity contribution >= 4 is 15.9 Å². The van der Waals surface area contributed by atoms with E-state index in [9.17, 15) is 13.7 Å². The van der Waals surface area contributed by atoms with Crippen molar-refractivity contribution in [1.29, 1.82) is 5.26 Å². The predicted molar refractivity (Wildman–Crippen MR) is 76.9 cm³/mol. The Morgan fingerprint density at radius 3 is 2.76 bits per heavy atom. The summed E-state index contributed by atoms with van der Waals surface area (Å²) in [6.45, 7) is 1.90. The molecule has 0 atom stereocenters. The Balaban J connectivity index is 2.12. The summed E-state index contributed by atoms with van der Waals surface area (Å²) in [5.74, 6) is 0.720. The largest absolute Gasteiger partial charge is 0.492 e. The summed E-state index contributed by atoms with van der Waals surface area (Å²) < 4.78 is 35.2. The fourth-order valence-electron chi connectivity index (χ4n) is 2.13. The second-order valence-corrected chi connectivity index (χ2v) is 6.10. The molecule has 8 heteroatoms. The number of hydrogen-bond acceptors (Lipinski definition) is 5. The summed E-state index contributed by atoms with van der Waals surface area (Å²) in [5.41, 5.74) is 0.239. The number of anilines is 1. The van der Waals surface area contributed by atoms with E-state index in [0.29, 0.717) is 31.5 Å². The van der Waals surface area contributed by atoms with Crippen molar-refractivity contribution in [2.45, 2.75) is 12.8 Å². The third-order valence-corrected chi connectivity index (χ3v) is 3.71. The summed E-state index contributed by atoms with van der Waals surface area (Å²) >= 11 is 0. The molecule has 0 unspecified atom stereocenters. The van der Waals surface area contributed by atoms with Gasteiger partial charge in [0, 0.05) is 13.2 Å². The normalized spacial score (nSPS) is 16.2. The Bertz CT molecular complexity index is 633. The lowest BCUT2D eigenvalue weighted by Crippen LogP contribution is -2.23. The van der Waals surface area contributed by atoms with Gasteiger partial charge in [0.05, 0.1) is 12.3 Å². The van der Waals surface area contributed by atoms with Crippen molar-refractivity contribution in [3.8, 4) is 11.8 Å². The number of ether oxygens (including phenoxy) is 2. The van der Waals surface area contributed by atoms with Gasteiger partial charge in [0.15, 0.2) is 0 Å². The third kappa shape index (κ3) is 4.60. The van der Waals surface area contributed by atoms with Gasteiger partial charge < -0.3 is 9.47 Å². The van der Waals surface area contributed by atoms with Crippen LogP contribution < -0.4 is 14.6 Å². The Labute approximate surface area is 123 Å². The summed E-state index contributed by atoms with van der Waals surface area (Å²) in [5, 5.41) is 14.1. The van der Waals surface area contributed by atoms with E-state index in [1.165, 1.54) is 6.07 Å². The molecule has 2 rings (SSSR count). The van der Waals surface area contributed by atoms with Crippen LogP contribution in [0.3, 0.4) is 0 Å².